The summed E-state index contributed by atoms with van der Waals surface area (Å²) in [6.07, 6.45) is 1.64. The number of benzene rings is 2. The fraction of sp³-hybridized carbons (Fsp3) is 0.111. The van der Waals surface area contributed by atoms with Crippen molar-refractivity contribution in [2.45, 2.75) is 0 Å². The second-order valence-corrected chi connectivity index (χ2v) is 4.97. The Morgan fingerprint density at radius 1 is 0.913 bits per heavy atom. The van der Waals surface area contributed by atoms with Gasteiger partial charge in [0.25, 0.3) is 0 Å². The van der Waals surface area contributed by atoms with Crippen molar-refractivity contribution in [1.29, 1.82) is 0 Å². The number of Topliss-reactive ketones (excluding diaryl/α,β-unsaturated/α-hetero) is 1. The zero-order chi connectivity index (χ0) is 16.1. The number of carbonyl (C=O) groups is 2. The predicted octanol–water partition coefficient (Wildman–Crippen LogP) is 2.97. The number of aromatic amines is 1. The Kier molecular flexibility index (Phi) is 4.38. The van der Waals surface area contributed by atoms with Crippen LogP contribution in [0.5, 0.6) is 5.75 Å². The second kappa shape index (κ2) is 6.79. The molecule has 0 aliphatic carbocycles. The van der Waals surface area contributed by atoms with Crippen LogP contribution in [0.1, 0.15) is 10.5 Å². The topological polar surface area (TPSA) is 68.4 Å². The predicted molar refractivity (Wildman–Crippen MR) is 85.5 cm³/mol. The fourth-order valence-electron chi connectivity index (χ4n) is 2.17. The zero-order valence-electron chi connectivity index (χ0n) is 12.3. The first-order valence-electron chi connectivity index (χ1n) is 7.16. The van der Waals surface area contributed by atoms with Gasteiger partial charge in [-0.1, -0.05) is 30.3 Å². The van der Waals surface area contributed by atoms with Crippen LogP contribution in [0.4, 0.5) is 0 Å². The maximum atomic E-state index is 11.7. The van der Waals surface area contributed by atoms with E-state index >= 15 is 0 Å². The molecule has 1 heterocycles. The number of hydrogen-bond donors (Lipinski definition) is 1. The number of carbonyl (C=O) groups excluding carboxylic acids is 2. The molecule has 3 rings (SSSR count). The number of fused-ring (bicyclic) bond motifs is 1. The summed E-state index contributed by atoms with van der Waals surface area (Å²) in [6, 6.07) is 16.8. The molecule has 0 amide bonds. The van der Waals surface area contributed by atoms with Crippen LogP contribution in [0.25, 0.3) is 10.8 Å². The van der Waals surface area contributed by atoms with Gasteiger partial charge in [0.15, 0.2) is 13.2 Å². The third-order valence-corrected chi connectivity index (χ3v) is 3.34. The largest absolute Gasteiger partial charge is 0.482 e. The molecule has 0 unspecified atom stereocenters. The molecule has 0 radical (unpaired) electrons. The Labute approximate surface area is 132 Å². The summed E-state index contributed by atoms with van der Waals surface area (Å²) in [5, 5.41) is 2.12. The Hall–Kier alpha value is -3.08. The maximum Gasteiger partial charge on any atom is 0.344 e. The Morgan fingerprint density at radius 2 is 1.74 bits per heavy atom. The van der Waals surface area contributed by atoms with E-state index in [9.17, 15) is 9.59 Å². The molecule has 0 saturated carbocycles. The van der Waals surface area contributed by atoms with Crippen LogP contribution < -0.4 is 4.74 Å². The van der Waals surface area contributed by atoms with Crippen molar-refractivity contribution in [1.82, 2.24) is 4.98 Å². The molecule has 116 valence electrons. The summed E-state index contributed by atoms with van der Waals surface area (Å²) in [6.45, 7) is -0.545. The zero-order valence-corrected chi connectivity index (χ0v) is 12.3. The number of ether oxygens (including phenoxy) is 2. The van der Waals surface area contributed by atoms with Crippen LogP contribution in [0.3, 0.4) is 0 Å². The van der Waals surface area contributed by atoms with Gasteiger partial charge in [-0.15, -0.1) is 0 Å². The van der Waals surface area contributed by atoms with E-state index in [1.165, 1.54) is 0 Å². The van der Waals surface area contributed by atoms with E-state index in [1.54, 1.807) is 24.4 Å². The molecule has 5 nitrogen and oxygen atoms in total. The van der Waals surface area contributed by atoms with Crippen molar-refractivity contribution in [2.24, 2.45) is 0 Å². The van der Waals surface area contributed by atoms with E-state index in [0.717, 1.165) is 10.8 Å². The molecular weight excluding hydrogens is 294 g/mol. The molecule has 1 N–H and O–H groups in total. The minimum Gasteiger partial charge on any atom is -0.482 e. The third kappa shape index (κ3) is 3.77. The molecule has 2 aromatic carbocycles. The van der Waals surface area contributed by atoms with Gasteiger partial charge in [-0.2, -0.15) is 0 Å². The first-order chi connectivity index (χ1) is 11.2. The van der Waals surface area contributed by atoms with Gasteiger partial charge in [0.2, 0.25) is 5.78 Å². The lowest BCUT2D eigenvalue weighted by Crippen LogP contribution is -2.19. The number of aromatic nitrogens is 1. The highest BCUT2D eigenvalue weighted by Crippen LogP contribution is 2.20. The minimum absolute atomic E-state index is 0.240. The van der Waals surface area contributed by atoms with Gasteiger partial charge in [0.05, 0.1) is 5.69 Å². The molecule has 23 heavy (non-hydrogen) atoms. The van der Waals surface area contributed by atoms with E-state index in [2.05, 4.69) is 4.98 Å². The average Bonchev–Trinajstić information content (AvgIpc) is 3.12. The van der Waals surface area contributed by atoms with Crippen molar-refractivity contribution in [3.8, 4) is 5.75 Å². The summed E-state index contributed by atoms with van der Waals surface area (Å²) in [4.78, 5) is 26.1. The van der Waals surface area contributed by atoms with Crippen molar-refractivity contribution in [3.63, 3.8) is 0 Å². The summed E-state index contributed by atoms with van der Waals surface area (Å²) in [7, 11) is 0. The standard InChI is InChI=1S/C18H15NO4/c20-17(16-6-3-9-19-16)11-23-18(21)12-22-15-8-7-13-4-1-2-5-14(13)10-15/h1-10,19H,11-12H2. The quantitative estimate of drug-likeness (QED) is 0.561. The monoisotopic (exact) mass is 309 g/mol. The van der Waals surface area contributed by atoms with Crippen LogP contribution in [0.15, 0.2) is 60.8 Å². The number of rotatable bonds is 6. The molecule has 3 aromatic rings. The Morgan fingerprint density at radius 3 is 2.52 bits per heavy atom. The van der Waals surface area contributed by atoms with Crippen LogP contribution in [-0.4, -0.2) is 30.0 Å². The first kappa shape index (κ1) is 14.8. The summed E-state index contributed by atoms with van der Waals surface area (Å²) in [5.41, 5.74) is 0.410. The van der Waals surface area contributed by atoms with Crippen molar-refractivity contribution >= 4 is 22.5 Å². The van der Waals surface area contributed by atoms with E-state index in [1.807, 2.05) is 36.4 Å². The highest BCUT2D eigenvalue weighted by atomic mass is 16.6. The Balaban J connectivity index is 1.51. The molecule has 5 heteroatoms. The molecule has 0 saturated heterocycles. The van der Waals surface area contributed by atoms with E-state index in [4.69, 9.17) is 9.47 Å². The summed E-state index contributed by atoms with van der Waals surface area (Å²) in [5.74, 6) is -0.288. The van der Waals surface area contributed by atoms with E-state index in [0.29, 0.717) is 11.4 Å². The van der Waals surface area contributed by atoms with Gasteiger partial charge in [-0.25, -0.2) is 4.79 Å². The smallest absolute Gasteiger partial charge is 0.344 e. The van der Waals surface area contributed by atoms with Crippen LogP contribution in [0, 0.1) is 0 Å². The van der Waals surface area contributed by atoms with Crippen molar-refractivity contribution in [3.05, 3.63) is 66.5 Å². The van der Waals surface area contributed by atoms with Gasteiger partial charge in [-0.3, -0.25) is 4.79 Å². The molecular formula is C18H15NO4. The third-order valence-electron chi connectivity index (χ3n) is 3.34. The van der Waals surface area contributed by atoms with Gasteiger partial charge in [0, 0.05) is 6.20 Å². The number of ketones is 1. The summed E-state index contributed by atoms with van der Waals surface area (Å²) >= 11 is 0. The number of esters is 1. The van der Waals surface area contributed by atoms with Gasteiger partial charge >= 0.3 is 5.97 Å². The normalized spacial score (nSPS) is 10.4. The van der Waals surface area contributed by atoms with Gasteiger partial charge in [-0.05, 0) is 35.0 Å². The molecule has 0 spiro atoms. The maximum absolute atomic E-state index is 11.7. The second-order valence-electron chi connectivity index (χ2n) is 4.97. The molecule has 1 aromatic heterocycles. The lowest BCUT2D eigenvalue weighted by atomic mass is 10.1. The molecule has 0 bridgehead atoms. The highest BCUT2D eigenvalue weighted by Gasteiger charge is 2.11. The van der Waals surface area contributed by atoms with E-state index < -0.39 is 5.97 Å². The molecule has 0 aliphatic heterocycles. The number of nitrogens with one attached hydrogen (secondary N) is 1. The van der Waals surface area contributed by atoms with Gasteiger partial charge in [0.1, 0.15) is 5.75 Å². The highest BCUT2D eigenvalue weighted by molar-refractivity contribution is 5.96. The lowest BCUT2D eigenvalue weighted by molar-refractivity contribution is -0.144. The first-order valence-corrected chi connectivity index (χ1v) is 7.16. The van der Waals surface area contributed by atoms with Crippen LogP contribution >= 0.6 is 0 Å². The Bertz CT molecular complexity index is 824. The molecule has 0 atom stereocenters. The summed E-state index contributed by atoms with van der Waals surface area (Å²) < 4.78 is 10.3. The number of hydrogen-bond acceptors (Lipinski definition) is 4. The average molecular weight is 309 g/mol. The molecule has 0 aliphatic rings. The van der Waals surface area contributed by atoms with Gasteiger partial charge < -0.3 is 14.5 Å². The van der Waals surface area contributed by atoms with Crippen molar-refractivity contribution in [2.75, 3.05) is 13.2 Å². The fourth-order valence-corrected chi connectivity index (χ4v) is 2.17. The lowest BCUT2D eigenvalue weighted by Gasteiger charge is -2.07. The van der Waals surface area contributed by atoms with Crippen LogP contribution in [0.2, 0.25) is 0 Å². The molecule has 0 fully saturated rings. The van der Waals surface area contributed by atoms with Crippen LogP contribution in [-0.2, 0) is 9.53 Å². The number of H-pyrrole nitrogens is 1. The minimum atomic E-state index is -0.585. The van der Waals surface area contributed by atoms with E-state index in [-0.39, 0.29) is 19.0 Å². The van der Waals surface area contributed by atoms with Crippen molar-refractivity contribution < 1.29 is 19.1 Å². The SMILES string of the molecule is O=C(COc1ccc2ccccc2c1)OCC(=O)c1ccc[nH]1.